The van der Waals surface area contributed by atoms with Gasteiger partial charge in [0.15, 0.2) is 0 Å². The van der Waals surface area contributed by atoms with E-state index in [1.54, 1.807) is 0 Å². The first-order valence-electron chi connectivity index (χ1n) is 12.3. The van der Waals surface area contributed by atoms with E-state index in [-0.39, 0.29) is 30.3 Å². The summed E-state index contributed by atoms with van der Waals surface area (Å²) in [6.45, 7) is 6.86. The molecule has 5 atom stereocenters. The third kappa shape index (κ3) is 5.06. The molecule has 0 aromatic heterocycles. The lowest BCUT2D eigenvalue weighted by molar-refractivity contribution is -0.139. The smallest absolute Gasteiger partial charge is 0.311 e. The topological polar surface area (TPSA) is 88.0 Å². The van der Waals surface area contributed by atoms with Crippen LogP contribution in [0.1, 0.15) is 49.5 Å². The summed E-state index contributed by atoms with van der Waals surface area (Å²) in [7, 11) is 0. The Labute approximate surface area is 205 Å². The number of aliphatic hydroxyl groups is 1. The van der Waals surface area contributed by atoms with Gasteiger partial charge in [-0.3, -0.25) is 4.79 Å². The van der Waals surface area contributed by atoms with Crippen molar-refractivity contribution < 1.29 is 24.5 Å². The van der Waals surface area contributed by atoms with Crippen LogP contribution in [0.2, 0.25) is 0 Å². The Morgan fingerprint density at radius 3 is 2.66 bits per heavy atom. The zero-order valence-corrected chi connectivity index (χ0v) is 20.4. The molecule has 3 aromatic rings. The lowest BCUT2D eigenvalue weighted by Gasteiger charge is -2.28. The number of aliphatic hydroxyl groups excluding tert-OH is 1. The van der Waals surface area contributed by atoms with Gasteiger partial charge in [-0.05, 0) is 61.2 Å². The molecule has 6 nitrogen and oxygen atoms in total. The number of fused-ring (bicyclic) bond motifs is 4. The molecule has 0 spiro atoms. The number of carboxylic acids is 1. The van der Waals surface area contributed by atoms with Crippen LogP contribution >= 0.6 is 0 Å². The van der Waals surface area contributed by atoms with Crippen LogP contribution in [0.4, 0.5) is 0 Å². The fraction of sp³-hybridized carbons (Fsp3) is 0.414. The average Bonchev–Trinajstić information content (AvgIpc) is 3.43. The van der Waals surface area contributed by atoms with E-state index in [1.165, 1.54) is 16.3 Å². The van der Waals surface area contributed by atoms with E-state index in [2.05, 4.69) is 55.6 Å². The molecule has 0 radical (unpaired) electrons. The molecule has 35 heavy (non-hydrogen) atoms. The monoisotopic (exact) mass is 475 g/mol. The summed E-state index contributed by atoms with van der Waals surface area (Å²) < 4.78 is 11.7. The van der Waals surface area contributed by atoms with Crippen molar-refractivity contribution in [2.75, 3.05) is 13.2 Å². The first-order chi connectivity index (χ1) is 16.7. The van der Waals surface area contributed by atoms with Gasteiger partial charge in [0.05, 0.1) is 18.8 Å². The Kier molecular flexibility index (Phi) is 6.30. The van der Waals surface area contributed by atoms with Crippen LogP contribution in [-0.2, 0) is 16.0 Å². The van der Waals surface area contributed by atoms with Crippen molar-refractivity contribution in [1.29, 1.82) is 0 Å². The maximum Gasteiger partial charge on any atom is 0.311 e. The van der Waals surface area contributed by atoms with Crippen molar-refractivity contribution in [3.63, 3.8) is 0 Å². The molecule has 0 amide bonds. The summed E-state index contributed by atoms with van der Waals surface area (Å²) >= 11 is 0. The van der Waals surface area contributed by atoms with Gasteiger partial charge < -0.3 is 25.0 Å². The number of benzene rings is 3. The molecule has 184 valence electrons. The molecule has 1 fully saturated rings. The van der Waals surface area contributed by atoms with Crippen molar-refractivity contribution in [3.8, 4) is 5.75 Å². The summed E-state index contributed by atoms with van der Waals surface area (Å²) in [5, 5.41) is 25.8. The number of β-amino-alcohol motifs (C(OH)–C–C–N with tert-alkyl or cyclic N) is 1. The highest BCUT2D eigenvalue weighted by atomic mass is 16.5. The van der Waals surface area contributed by atoms with Crippen LogP contribution in [0.15, 0.2) is 60.7 Å². The number of hydrogen-bond donors (Lipinski definition) is 3. The molecule has 6 heteroatoms. The predicted molar refractivity (Wildman–Crippen MR) is 135 cm³/mol. The van der Waals surface area contributed by atoms with E-state index < -0.39 is 18.0 Å². The van der Waals surface area contributed by atoms with Crippen LogP contribution in [0.25, 0.3) is 10.8 Å². The third-order valence-electron chi connectivity index (χ3n) is 7.18. The summed E-state index contributed by atoms with van der Waals surface area (Å²) in [5.41, 5.74) is 2.98. The minimum Gasteiger partial charge on any atom is -0.489 e. The molecule has 3 N–H and O–H groups in total. The van der Waals surface area contributed by atoms with E-state index >= 15 is 0 Å². The van der Waals surface area contributed by atoms with Crippen LogP contribution < -0.4 is 10.1 Å². The van der Waals surface area contributed by atoms with Crippen LogP contribution in [-0.4, -0.2) is 47.1 Å². The van der Waals surface area contributed by atoms with Gasteiger partial charge in [-0.2, -0.15) is 0 Å². The molecule has 1 aliphatic heterocycles. The lowest BCUT2D eigenvalue weighted by atomic mass is 9.93. The van der Waals surface area contributed by atoms with Crippen LogP contribution in [0, 0.1) is 5.92 Å². The first kappa shape index (κ1) is 23.8. The number of rotatable bonds is 10. The normalized spacial score (nSPS) is 22.2. The van der Waals surface area contributed by atoms with Gasteiger partial charge in [0, 0.05) is 23.6 Å². The molecule has 1 heterocycles. The van der Waals surface area contributed by atoms with Gasteiger partial charge in [0.2, 0.25) is 0 Å². The molecular weight excluding hydrogens is 442 g/mol. The van der Waals surface area contributed by atoms with Gasteiger partial charge in [0.1, 0.15) is 17.8 Å². The molecule has 1 aliphatic carbocycles. The fourth-order valence-electron chi connectivity index (χ4n) is 5.15. The number of carbonyl (C=O) groups is 1. The van der Waals surface area contributed by atoms with Gasteiger partial charge in [-0.1, -0.05) is 48.5 Å². The highest BCUT2D eigenvalue weighted by molar-refractivity contribution is 5.83. The van der Waals surface area contributed by atoms with Crippen LogP contribution in [0.3, 0.4) is 0 Å². The number of hydrogen-bond acceptors (Lipinski definition) is 5. The van der Waals surface area contributed by atoms with Crippen molar-refractivity contribution in [2.24, 2.45) is 5.92 Å². The predicted octanol–water partition coefficient (Wildman–Crippen LogP) is 4.45. The first-order valence-corrected chi connectivity index (χ1v) is 12.3. The largest absolute Gasteiger partial charge is 0.489 e. The van der Waals surface area contributed by atoms with E-state index in [0.717, 1.165) is 23.3 Å². The lowest BCUT2D eigenvalue weighted by Crippen LogP contribution is -2.46. The molecule has 5 unspecified atom stereocenters. The van der Waals surface area contributed by atoms with E-state index in [9.17, 15) is 15.0 Å². The quantitative estimate of drug-likeness (QED) is 0.402. The minimum absolute atomic E-state index is 0.0609. The second-order valence-electron chi connectivity index (χ2n) is 10.5. The zero-order valence-electron chi connectivity index (χ0n) is 20.4. The second kappa shape index (κ2) is 9.26. The molecule has 0 bridgehead atoms. The third-order valence-corrected chi connectivity index (χ3v) is 7.18. The highest BCUT2D eigenvalue weighted by Crippen LogP contribution is 2.58. The van der Waals surface area contributed by atoms with Crippen molar-refractivity contribution in [1.82, 2.24) is 5.32 Å². The minimum atomic E-state index is -0.806. The summed E-state index contributed by atoms with van der Waals surface area (Å²) in [5.74, 6) is -0.542. The molecule has 2 aliphatic rings. The maximum atomic E-state index is 11.3. The Balaban J connectivity index is 1.11. The van der Waals surface area contributed by atoms with Gasteiger partial charge in [0.25, 0.3) is 0 Å². The molecule has 0 saturated heterocycles. The van der Waals surface area contributed by atoms with Gasteiger partial charge in [-0.25, -0.2) is 0 Å². The summed E-state index contributed by atoms with van der Waals surface area (Å²) in [4.78, 5) is 11.3. The Morgan fingerprint density at radius 1 is 1.11 bits per heavy atom. The van der Waals surface area contributed by atoms with Gasteiger partial charge >= 0.3 is 5.97 Å². The fourth-order valence-corrected chi connectivity index (χ4v) is 5.15. The number of ether oxygens (including phenoxy) is 2. The van der Waals surface area contributed by atoms with Gasteiger partial charge in [-0.15, -0.1) is 0 Å². The molecule has 3 aromatic carbocycles. The number of carboxylic acid groups (broad SMARTS) is 1. The number of aliphatic carboxylic acids is 1. The molecular formula is C29H33NO5. The van der Waals surface area contributed by atoms with Crippen molar-refractivity contribution in [3.05, 3.63) is 77.4 Å². The van der Waals surface area contributed by atoms with Crippen molar-refractivity contribution in [2.45, 2.75) is 57.0 Å². The van der Waals surface area contributed by atoms with Crippen LogP contribution in [0.5, 0.6) is 5.75 Å². The Bertz CT molecular complexity index is 1240. The summed E-state index contributed by atoms with van der Waals surface area (Å²) in [6, 6.07) is 20.7. The number of nitrogens with one attached hydrogen (secondary N) is 1. The standard InChI is InChI=1S/C29H33NO5/c1-17(20-10-11-24-23(13-20)25-26(28(32)33)27(25)35-24)34-16-22(31)15-30-29(2,3)14-18-8-9-19-6-4-5-7-21(19)12-18/h4-13,17,22,25-27,30-31H,14-16H2,1-3H3,(H,32,33). The zero-order chi connectivity index (χ0) is 24.7. The maximum absolute atomic E-state index is 11.3. The summed E-state index contributed by atoms with van der Waals surface area (Å²) in [6.07, 6.45) is -0.254. The van der Waals surface area contributed by atoms with Crippen molar-refractivity contribution >= 4 is 16.7 Å². The molecule has 5 rings (SSSR count). The highest BCUT2D eigenvalue weighted by Gasteiger charge is 2.63. The Hall–Kier alpha value is -2.93. The van der Waals surface area contributed by atoms with E-state index in [0.29, 0.717) is 6.54 Å². The molecule has 1 saturated carbocycles. The van der Waals surface area contributed by atoms with E-state index in [4.69, 9.17) is 9.47 Å². The SMILES string of the molecule is CC(OCC(O)CNC(C)(C)Cc1ccc2ccccc2c1)c1ccc2c(c1)C1C(O2)C1C(=O)O. The average molecular weight is 476 g/mol. The second-order valence-corrected chi connectivity index (χ2v) is 10.5. The Morgan fingerprint density at radius 2 is 1.89 bits per heavy atom. The van der Waals surface area contributed by atoms with E-state index in [1.807, 2.05) is 31.2 Å².